The Hall–Kier alpha value is -2.61. The molecule has 144 valence electrons. The van der Waals surface area contributed by atoms with Crippen molar-refractivity contribution in [2.45, 2.75) is 6.18 Å². The van der Waals surface area contributed by atoms with E-state index in [2.05, 4.69) is 5.32 Å². The van der Waals surface area contributed by atoms with Gasteiger partial charge in [-0.15, -0.1) is 0 Å². The lowest BCUT2D eigenvalue weighted by Gasteiger charge is -2.36. The fourth-order valence-electron chi connectivity index (χ4n) is 3.00. The lowest BCUT2D eigenvalue weighted by atomic mass is 10.1. The number of nitrogens with zero attached hydrogens (tertiary/aromatic N) is 2. The lowest BCUT2D eigenvalue weighted by molar-refractivity contribution is -0.137. The van der Waals surface area contributed by atoms with Gasteiger partial charge in [-0.2, -0.15) is 13.2 Å². The van der Waals surface area contributed by atoms with Crippen LogP contribution in [0.1, 0.15) is 5.56 Å². The second kappa shape index (κ2) is 7.96. The SMILES string of the molecule is O=C(CN1CCN(c2cccc(C(F)(F)F)c2)CC1)Nc1ccccc1F. The zero-order valence-corrected chi connectivity index (χ0v) is 14.5. The number of hydrogen-bond acceptors (Lipinski definition) is 3. The van der Waals surface area contributed by atoms with Crippen molar-refractivity contribution in [2.24, 2.45) is 0 Å². The third-order valence-electron chi connectivity index (χ3n) is 4.43. The fourth-order valence-corrected chi connectivity index (χ4v) is 3.00. The first kappa shape index (κ1) is 19.2. The van der Waals surface area contributed by atoms with E-state index >= 15 is 0 Å². The monoisotopic (exact) mass is 381 g/mol. The Morgan fingerprint density at radius 1 is 1.00 bits per heavy atom. The zero-order valence-electron chi connectivity index (χ0n) is 14.5. The molecule has 8 heteroatoms. The molecule has 0 aliphatic carbocycles. The highest BCUT2D eigenvalue weighted by atomic mass is 19.4. The summed E-state index contributed by atoms with van der Waals surface area (Å²) in [6.07, 6.45) is -4.37. The van der Waals surface area contributed by atoms with Crippen LogP contribution in [0.2, 0.25) is 0 Å². The van der Waals surface area contributed by atoms with E-state index in [4.69, 9.17) is 0 Å². The summed E-state index contributed by atoms with van der Waals surface area (Å²) in [7, 11) is 0. The molecule has 4 nitrogen and oxygen atoms in total. The zero-order chi connectivity index (χ0) is 19.4. The van der Waals surface area contributed by atoms with Gasteiger partial charge in [-0.25, -0.2) is 4.39 Å². The van der Waals surface area contributed by atoms with Crippen molar-refractivity contribution in [1.29, 1.82) is 0 Å². The van der Waals surface area contributed by atoms with Crippen LogP contribution in [0.5, 0.6) is 0 Å². The molecule has 1 amide bonds. The lowest BCUT2D eigenvalue weighted by Crippen LogP contribution is -2.48. The van der Waals surface area contributed by atoms with Gasteiger partial charge in [-0.1, -0.05) is 18.2 Å². The minimum Gasteiger partial charge on any atom is -0.369 e. The summed E-state index contributed by atoms with van der Waals surface area (Å²) in [5.74, 6) is -0.826. The summed E-state index contributed by atoms with van der Waals surface area (Å²) >= 11 is 0. The van der Waals surface area contributed by atoms with Gasteiger partial charge in [0.25, 0.3) is 0 Å². The number of hydrogen-bond donors (Lipinski definition) is 1. The van der Waals surface area contributed by atoms with E-state index in [1.807, 2.05) is 9.80 Å². The predicted octanol–water partition coefficient (Wildman–Crippen LogP) is 3.61. The Kier molecular flexibility index (Phi) is 5.65. The van der Waals surface area contributed by atoms with E-state index in [0.29, 0.717) is 31.9 Å². The van der Waals surface area contributed by atoms with Crippen LogP contribution < -0.4 is 10.2 Å². The molecule has 2 aromatic carbocycles. The molecule has 0 radical (unpaired) electrons. The number of alkyl halides is 3. The second-order valence-corrected chi connectivity index (χ2v) is 6.34. The molecule has 27 heavy (non-hydrogen) atoms. The number of nitrogens with one attached hydrogen (secondary N) is 1. The molecule has 2 aromatic rings. The van der Waals surface area contributed by atoms with Crippen LogP contribution >= 0.6 is 0 Å². The molecule has 1 saturated heterocycles. The number of halogens is 4. The van der Waals surface area contributed by atoms with E-state index in [1.54, 1.807) is 12.1 Å². The summed E-state index contributed by atoms with van der Waals surface area (Å²) in [5.41, 5.74) is -0.0305. The van der Waals surface area contributed by atoms with Crippen LogP contribution in [0.3, 0.4) is 0 Å². The third kappa shape index (κ3) is 4.97. The quantitative estimate of drug-likeness (QED) is 0.822. The number of benzene rings is 2. The van der Waals surface area contributed by atoms with Gasteiger partial charge in [0.1, 0.15) is 5.82 Å². The van der Waals surface area contributed by atoms with E-state index in [0.717, 1.165) is 12.1 Å². The maximum Gasteiger partial charge on any atom is 0.416 e. The van der Waals surface area contributed by atoms with Gasteiger partial charge in [0.2, 0.25) is 5.91 Å². The highest BCUT2D eigenvalue weighted by Gasteiger charge is 2.31. The standard InChI is InChI=1S/C19H19F4N3O/c20-16-6-1-2-7-17(16)24-18(27)13-25-8-10-26(11-9-25)15-5-3-4-14(12-15)19(21,22)23/h1-7,12H,8-11,13H2,(H,24,27). The van der Waals surface area contributed by atoms with Crippen LogP contribution in [0, 0.1) is 5.82 Å². The van der Waals surface area contributed by atoms with Gasteiger partial charge in [0.05, 0.1) is 17.8 Å². The third-order valence-corrected chi connectivity index (χ3v) is 4.43. The normalized spacial score (nSPS) is 15.6. The molecular formula is C19H19F4N3O. The molecule has 1 fully saturated rings. The predicted molar refractivity (Wildman–Crippen MR) is 95.1 cm³/mol. The smallest absolute Gasteiger partial charge is 0.369 e. The van der Waals surface area contributed by atoms with Crippen LogP contribution in [0.25, 0.3) is 0 Å². The van der Waals surface area contributed by atoms with Gasteiger partial charge in [-0.3, -0.25) is 9.69 Å². The molecule has 1 N–H and O–H groups in total. The first-order valence-electron chi connectivity index (χ1n) is 8.52. The number of amides is 1. The maximum absolute atomic E-state index is 13.6. The van der Waals surface area contributed by atoms with Gasteiger partial charge >= 0.3 is 6.18 Å². The highest BCUT2D eigenvalue weighted by Crippen LogP contribution is 2.31. The van der Waals surface area contributed by atoms with Crippen LogP contribution in [-0.4, -0.2) is 43.5 Å². The first-order valence-corrected chi connectivity index (χ1v) is 8.52. The summed E-state index contributed by atoms with van der Waals surface area (Å²) in [6, 6.07) is 11.2. The average Bonchev–Trinajstić information content (AvgIpc) is 2.64. The van der Waals surface area contributed by atoms with Crippen molar-refractivity contribution < 1.29 is 22.4 Å². The fraction of sp³-hybridized carbons (Fsp3) is 0.316. The van der Waals surface area contributed by atoms with Gasteiger partial charge in [0, 0.05) is 31.9 Å². The molecule has 3 rings (SSSR count). The van der Waals surface area contributed by atoms with E-state index in [9.17, 15) is 22.4 Å². The molecule has 0 unspecified atom stereocenters. The molecular weight excluding hydrogens is 362 g/mol. The summed E-state index contributed by atoms with van der Waals surface area (Å²) in [4.78, 5) is 15.8. The van der Waals surface area contributed by atoms with E-state index in [1.165, 1.54) is 24.3 Å². The number of carbonyl (C=O) groups is 1. The topological polar surface area (TPSA) is 35.6 Å². The second-order valence-electron chi connectivity index (χ2n) is 6.34. The van der Waals surface area contributed by atoms with Crippen LogP contribution in [0.4, 0.5) is 28.9 Å². The summed E-state index contributed by atoms with van der Waals surface area (Å²) in [6.45, 7) is 2.18. The van der Waals surface area contributed by atoms with Crippen molar-refractivity contribution in [3.05, 3.63) is 59.9 Å². The van der Waals surface area contributed by atoms with Crippen molar-refractivity contribution in [3.8, 4) is 0 Å². The maximum atomic E-state index is 13.6. The molecule has 0 aromatic heterocycles. The van der Waals surface area contributed by atoms with Gasteiger partial charge in [0.15, 0.2) is 0 Å². The van der Waals surface area contributed by atoms with Crippen molar-refractivity contribution in [3.63, 3.8) is 0 Å². The van der Waals surface area contributed by atoms with E-state index in [-0.39, 0.29) is 18.1 Å². The number of anilines is 2. The first-order chi connectivity index (χ1) is 12.8. The highest BCUT2D eigenvalue weighted by molar-refractivity contribution is 5.92. The Labute approximate surface area is 154 Å². The minimum absolute atomic E-state index is 0.102. The Bertz CT molecular complexity index is 802. The molecule has 1 aliphatic rings. The minimum atomic E-state index is -4.37. The molecule has 1 heterocycles. The summed E-state index contributed by atoms with van der Waals surface area (Å²) in [5, 5.41) is 2.53. The average molecular weight is 381 g/mol. The Morgan fingerprint density at radius 2 is 1.70 bits per heavy atom. The van der Waals surface area contributed by atoms with Gasteiger partial charge < -0.3 is 10.2 Å². The van der Waals surface area contributed by atoms with Crippen LogP contribution in [-0.2, 0) is 11.0 Å². The number of carbonyl (C=O) groups excluding carboxylic acids is 1. The largest absolute Gasteiger partial charge is 0.416 e. The molecule has 0 saturated carbocycles. The van der Waals surface area contributed by atoms with Crippen molar-refractivity contribution >= 4 is 17.3 Å². The number of para-hydroxylation sites is 1. The summed E-state index contributed by atoms with van der Waals surface area (Å²) < 4.78 is 52.1. The molecule has 0 spiro atoms. The van der Waals surface area contributed by atoms with Gasteiger partial charge in [-0.05, 0) is 30.3 Å². The van der Waals surface area contributed by atoms with Crippen molar-refractivity contribution in [1.82, 2.24) is 4.90 Å². The van der Waals surface area contributed by atoms with Crippen LogP contribution in [0.15, 0.2) is 48.5 Å². The molecule has 0 bridgehead atoms. The number of piperazine rings is 1. The van der Waals surface area contributed by atoms with E-state index < -0.39 is 17.6 Å². The Morgan fingerprint density at radius 3 is 2.37 bits per heavy atom. The van der Waals surface area contributed by atoms with Crippen molar-refractivity contribution in [2.75, 3.05) is 42.9 Å². The number of rotatable bonds is 4. The Balaban J connectivity index is 1.53. The molecule has 1 aliphatic heterocycles. The molecule has 0 atom stereocenters.